The van der Waals surface area contributed by atoms with Crippen LogP contribution in [0.25, 0.3) is 10.9 Å². The molecule has 0 radical (unpaired) electrons. The van der Waals surface area contributed by atoms with Crippen molar-refractivity contribution in [2.24, 2.45) is 11.8 Å². The van der Waals surface area contributed by atoms with Crippen LogP contribution in [0.3, 0.4) is 0 Å². The van der Waals surface area contributed by atoms with E-state index in [1.807, 2.05) is 19.1 Å². The minimum absolute atomic E-state index is 0.0566. The summed E-state index contributed by atoms with van der Waals surface area (Å²) in [5, 5.41) is 12.5. The van der Waals surface area contributed by atoms with Crippen molar-refractivity contribution < 1.29 is 14.0 Å². The summed E-state index contributed by atoms with van der Waals surface area (Å²) in [6, 6.07) is 15.1. The third kappa shape index (κ3) is 5.09. The van der Waals surface area contributed by atoms with E-state index in [1.54, 1.807) is 42.6 Å². The molecule has 33 heavy (non-hydrogen) atoms. The number of carbonyl (C=O) groups is 2. The SMILES string of the molecule is C[C@@H](C(=O)NCC(=O)c1ccc(C#N)cc1)C1CCC(c2ccnc3ccc(F)cc23)CC1. The summed E-state index contributed by atoms with van der Waals surface area (Å²) < 4.78 is 13.8. The van der Waals surface area contributed by atoms with Gasteiger partial charge in [-0.05, 0) is 79.5 Å². The molecular formula is C27H26FN3O2. The molecule has 4 rings (SSSR count). The molecule has 3 aromatic rings. The van der Waals surface area contributed by atoms with Gasteiger partial charge in [-0.3, -0.25) is 14.6 Å². The highest BCUT2D eigenvalue weighted by Gasteiger charge is 2.30. The van der Waals surface area contributed by atoms with Crippen LogP contribution in [0.2, 0.25) is 0 Å². The first kappa shape index (κ1) is 22.6. The lowest BCUT2D eigenvalue weighted by molar-refractivity contribution is -0.126. The first-order valence-corrected chi connectivity index (χ1v) is 11.3. The summed E-state index contributed by atoms with van der Waals surface area (Å²) in [6.45, 7) is 1.86. The summed E-state index contributed by atoms with van der Waals surface area (Å²) in [4.78, 5) is 29.4. The molecule has 5 nitrogen and oxygen atoms in total. The van der Waals surface area contributed by atoms with E-state index < -0.39 is 0 Å². The first-order valence-electron chi connectivity index (χ1n) is 11.3. The van der Waals surface area contributed by atoms with Crippen LogP contribution in [0.5, 0.6) is 0 Å². The zero-order valence-corrected chi connectivity index (χ0v) is 18.6. The van der Waals surface area contributed by atoms with Crippen LogP contribution >= 0.6 is 0 Å². The number of hydrogen-bond donors (Lipinski definition) is 1. The molecule has 0 aliphatic heterocycles. The van der Waals surface area contributed by atoms with E-state index in [0.717, 1.165) is 42.1 Å². The fraction of sp³-hybridized carbons (Fsp3) is 0.333. The van der Waals surface area contributed by atoms with Gasteiger partial charge >= 0.3 is 0 Å². The number of Topliss-reactive ketones (excluding diaryl/α,β-unsaturated/α-hetero) is 1. The molecule has 0 unspecified atom stereocenters. The van der Waals surface area contributed by atoms with Crippen LogP contribution in [0.1, 0.15) is 60.0 Å². The highest BCUT2D eigenvalue weighted by molar-refractivity contribution is 5.99. The molecule has 1 aliphatic rings. The number of benzene rings is 2. The molecule has 1 fully saturated rings. The summed E-state index contributed by atoms with van der Waals surface area (Å²) >= 11 is 0. The Kier molecular flexibility index (Phi) is 6.79. The molecule has 1 amide bonds. The van der Waals surface area contributed by atoms with E-state index >= 15 is 0 Å². The van der Waals surface area contributed by atoms with Crippen molar-refractivity contribution in [3.63, 3.8) is 0 Å². The molecule has 0 spiro atoms. The third-order valence-corrected chi connectivity index (χ3v) is 6.83. The van der Waals surface area contributed by atoms with Gasteiger partial charge in [0.15, 0.2) is 5.78 Å². The van der Waals surface area contributed by atoms with Crippen LogP contribution in [0.15, 0.2) is 54.7 Å². The number of hydrogen-bond acceptors (Lipinski definition) is 4. The highest BCUT2D eigenvalue weighted by Crippen LogP contribution is 2.40. The quantitative estimate of drug-likeness (QED) is 0.534. The van der Waals surface area contributed by atoms with Crippen molar-refractivity contribution in [1.82, 2.24) is 10.3 Å². The maximum Gasteiger partial charge on any atom is 0.223 e. The number of aromatic nitrogens is 1. The molecule has 1 heterocycles. The lowest BCUT2D eigenvalue weighted by Gasteiger charge is -2.32. The maximum atomic E-state index is 13.8. The molecule has 0 saturated heterocycles. The standard InChI is InChI=1S/C27H26FN3O2/c1-17(27(33)31-16-26(32)21-4-2-18(15-29)3-5-21)19-6-8-20(9-7-19)23-12-13-30-25-11-10-22(28)14-24(23)25/h2-5,10-14,17,19-20H,6-9,16H2,1H3,(H,31,33)/t17-,19?,20?/m1/s1. The monoisotopic (exact) mass is 443 g/mol. The van der Waals surface area contributed by atoms with Gasteiger partial charge in [0.05, 0.1) is 23.7 Å². The van der Waals surface area contributed by atoms with Gasteiger partial charge in [0, 0.05) is 23.1 Å². The number of ketones is 1. The Hall–Kier alpha value is -3.59. The van der Waals surface area contributed by atoms with Gasteiger partial charge in [0.1, 0.15) is 5.82 Å². The van der Waals surface area contributed by atoms with E-state index in [-0.39, 0.29) is 35.9 Å². The molecule has 6 heteroatoms. The summed E-state index contributed by atoms with van der Waals surface area (Å²) in [5.74, 6) is -0.173. The van der Waals surface area contributed by atoms with Crippen molar-refractivity contribution in [3.05, 3.63) is 77.2 Å². The van der Waals surface area contributed by atoms with E-state index in [9.17, 15) is 14.0 Å². The van der Waals surface area contributed by atoms with Crippen LogP contribution in [0.4, 0.5) is 4.39 Å². The van der Waals surface area contributed by atoms with Crippen LogP contribution in [-0.4, -0.2) is 23.2 Å². The number of fused-ring (bicyclic) bond motifs is 1. The largest absolute Gasteiger partial charge is 0.348 e. The second kappa shape index (κ2) is 9.91. The number of amides is 1. The third-order valence-electron chi connectivity index (χ3n) is 6.83. The molecule has 2 aromatic carbocycles. The van der Waals surface area contributed by atoms with E-state index in [1.165, 1.54) is 6.07 Å². The average molecular weight is 444 g/mol. The summed E-state index contributed by atoms with van der Waals surface area (Å²) in [7, 11) is 0. The van der Waals surface area contributed by atoms with Gasteiger partial charge in [-0.2, -0.15) is 5.26 Å². The molecule has 168 valence electrons. The topological polar surface area (TPSA) is 82.9 Å². The van der Waals surface area contributed by atoms with Gasteiger partial charge < -0.3 is 5.32 Å². The number of nitrogens with one attached hydrogen (secondary N) is 1. The van der Waals surface area contributed by atoms with Crippen molar-refractivity contribution in [3.8, 4) is 6.07 Å². The molecule has 1 aromatic heterocycles. The number of pyridine rings is 1. The number of nitrogens with zero attached hydrogens (tertiary/aromatic N) is 2. The Morgan fingerprint density at radius 2 is 1.85 bits per heavy atom. The number of halogens is 1. The molecule has 0 bridgehead atoms. The van der Waals surface area contributed by atoms with Gasteiger partial charge in [0.25, 0.3) is 0 Å². The van der Waals surface area contributed by atoms with Crippen molar-refractivity contribution >= 4 is 22.6 Å². The average Bonchev–Trinajstić information content (AvgIpc) is 2.86. The van der Waals surface area contributed by atoms with Gasteiger partial charge in [0.2, 0.25) is 5.91 Å². The predicted molar refractivity (Wildman–Crippen MR) is 124 cm³/mol. The lowest BCUT2D eigenvalue weighted by Crippen LogP contribution is -2.37. The van der Waals surface area contributed by atoms with Crippen molar-refractivity contribution in [2.45, 2.75) is 38.5 Å². The first-order chi connectivity index (χ1) is 16.0. The molecule has 1 saturated carbocycles. The normalized spacial score (nSPS) is 18.9. The van der Waals surface area contributed by atoms with Crippen LogP contribution in [-0.2, 0) is 4.79 Å². The lowest BCUT2D eigenvalue weighted by atomic mass is 9.73. The second-order valence-corrected chi connectivity index (χ2v) is 8.79. The number of carbonyl (C=O) groups excluding carboxylic acids is 2. The molecule has 1 N–H and O–H groups in total. The van der Waals surface area contributed by atoms with Gasteiger partial charge in [-0.15, -0.1) is 0 Å². The van der Waals surface area contributed by atoms with Crippen LogP contribution < -0.4 is 5.32 Å². The maximum absolute atomic E-state index is 13.8. The van der Waals surface area contributed by atoms with E-state index in [2.05, 4.69) is 10.3 Å². The Balaban J connectivity index is 1.32. The van der Waals surface area contributed by atoms with E-state index in [0.29, 0.717) is 17.0 Å². The fourth-order valence-corrected chi connectivity index (χ4v) is 4.80. The minimum Gasteiger partial charge on any atom is -0.348 e. The zero-order valence-electron chi connectivity index (χ0n) is 18.6. The zero-order chi connectivity index (χ0) is 23.4. The number of nitriles is 1. The van der Waals surface area contributed by atoms with Gasteiger partial charge in [-0.1, -0.05) is 19.1 Å². The predicted octanol–water partition coefficient (Wildman–Crippen LogP) is 5.15. The Bertz CT molecular complexity index is 1210. The Morgan fingerprint density at radius 3 is 2.55 bits per heavy atom. The Morgan fingerprint density at radius 1 is 1.12 bits per heavy atom. The molecule has 1 aliphatic carbocycles. The smallest absolute Gasteiger partial charge is 0.223 e. The highest BCUT2D eigenvalue weighted by atomic mass is 19.1. The Labute approximate surface area is 192 Å². The number of rotatable bonds is 6. The minimum atomic E-state index is -0.258. The van der Waals surface area contributed by atoms with Crippen molar-refractivity contribution in [1.29, 1.82) is 5.26 Å². The van der Waals surface area contributed by atoms with E-state index in [4.69, 9.17) is 5.26 Å². The van der Waals surface area contributed by atoms with Crippen LogP contribution in [0, 0.1) is 29.0 Å². The fourth-order valence-electron chi connectivity index (χ4n) is 4.80. The summed E-state index contributed by atoms with van der Waals surface area (Å²) in [5.41, 5.74) is 2.90. The molecule has 1 atom stereocenters. The summed E-state index contributed by atoms with van der Waals surface area (Å²) in [6.07, 6.45) is 5.46. The second-order valence-electron chi connectivity index (χ2n) is 8.79. The van der Waals surface area contributed by atoms with Crippen molar-refractivity contribution in [2.75, 3.05) is 6.54 Å². The van der Waals surface area contributed by atoms with Gasteiger partial charge in [-0.25, -0.2) is 4.39 Å². The molecular weight excluding hydrogens is 417 g/mol.